The topological polar surface area (TPSA) is 35.5 Å². The Morgan fingerprint density at radius 1 is 1.28 bits per heavy atom. The molecule has 1 fully saturated rings. The van der Waals surface area contributed by atoms with E-state index >= 15 is 0 Å². The van der Waals surface area contributed by atoms with Gasteiger partial charge in [0.1, 0.15) is 5.60 Å². The molecule has 1 aromatic rings. The van der Waals surface area contributed by atoms with E-state index in [1.807, 2.05) is 24.3 Å². The number of rotatable bonds is 4. The average molecular weight is 246 g/mol. The third-order valence-electron chi connectivity index (χ3n) is 3.80. The van der Waals surface area contributed by atoms with Crippen LogP contribution in [0, 0.1) is 11.8 Å². The number of hydrogen-bond donors (Lipinski definition) is 0. The molecule has 3 nitrogen and oxygen atoms in total. The van der Waals surface area contributed by atoms with Gasteiger partial charge in [-0.3, -0.25) is 0 Å². The highest BCUT2D eigenvalue weighted by molar-refractivity contribution is 5.81. The fourth-order valence-corrected chi connectivity index (χ4v) is 2.72. The zero-order valence-electron chi connectivity index (χ0n) is 10.9. The van der Waals surface area contributed by atoms with Gasteiger partial charge in [0.15, 0.2) is 0 Å². The van der Waals surface area contributed by atoms with E-state index in [0.29, 0.717) is 5.92 Å². The molecule has 0 heterocycles. The molecule has 0 saturated heterocycles. The summed E-state index contributed by atoms with van der Waals surface area (Å²) < 4.78 is 10.3. The van der Waals surface area contributed by atoms with Gasteiger partial charge in [0.2, 0.25) is 0 Å². The number of esters is 1. The van der Waals surface area contributed by atoms with E-state index in [9.17, 15) is 4.79 Å². The summed E-state index contributed by atoms with van der Waals surface area (Å²) >= 11 is 0. The van der Waals surface area contributed by atoms with Crippen LogP contribution in [0.25, 0.3) is 0 Å². The highest BCUT2D eigenvalue weighted by atomic mass is 16.5. The fraction of sp³-hybridized carbons (Fsp3) is 0.400. The highest BCUT2D eigenvalue weighted by Gasteiger charge is 2.62. The maximum absolute atomic E-state index is 11.1. The molecule has 1 aromatic carbocycles. The van der Waals surface area contributed by atoms with Gasteiger partial charge in [-0.2, -0.15) is 0 Å². The molecule has 0 aliphatic heterocycles. The zero-order chi connectivity index (χ0) is 13.2. The molecule has 1 aliphatic rings. The number of carbonyl (C=O) groups is 1. The summed E-state index contributed by atoms with van der Waals surface area (Å²) in [5.41, 5.74) is 0.853. The Morgan fingerprint density at radius 3 is 2.50 bits per heavy atom. The Morgan fingerprint density at radius 2 is 1.94 bits per heavy atom. The van der Waals surface area contributed by atoms with Crippen LogP contribution in [0.1, 0.15) is 12.5 Å². The molecule has 96 valence electrons. The van der Waals surface area contributed by atoms with Crippen molar-refractivity contribution < 1.29 is 14.3 Å². The highest BCUT2D eigenvalue weighted by Crippen LogP contribution is 2.60. The monoisotopic (exact) mass is 246 g/mol. The Hall–Kier alpha value is -1.61. The molecule has 0 spiro atoms. The lowest BCUT2D eigenvalue weighted by atomic mass is 10.0. The molecule has 0 amide bonds. The molecule has 0 radical (unpaired) electrons. The maximum atomic E-state index is 11.1. The quantitative estimate of drug-likeness (QED) is 0.605. The molecule has 1 aliphatic carbocycles. The van der Waals surface area contributed by atoms with Gasteiger partial charge in [0.05, 0.1) is 7.11 Å². The minimum atomic E-state index is -0.327. The molecule has 0 unspecified atom stereocenters. The molecule has 0 N–H and O–H groups in total. The van der Waals surface area contributed by atoms with Crippen LogP contribution in [-0.4, -0.2) is 20.2 Å². The molecular weight excluding hydrogens is 228 g/mol. The fourth-order valence-electron chi connectivity index (χ4n) is 2.72. The molecule has 2 rings (SSSR count). The zero-order valence-corrected chi connectivity index (χ0v) is 10.9. The van der Waals surface area contributed by atoms with Gasteiger partial charge in [-0.15, -0.1) is 0 Å². The van der Waals surface area contributed by atoms with Crippen molar-refractivity contribution in [3.8, 4) is 0 Å². The second-order valence-corrected chi connectivity index (χ2v) is 4.56. The number of benzene rings is 1. The van der Waals surface area contributed by atoms with Crippen LogP contribution in [0.5, 0.6) is 0 Å². The number of ether oxygens (including phenoxy) is 2. The van der Waals surface area contributed by atoms with Crippen LogP contribution in [0.15, 0.2) is 42.5 Å². The first-order valence-corrected chi connectivity index (χ1v) is 6.03. The van der Waals surface area contributed by atoms with E-state index in [-0.39, 0.29) is 17.5 Å². The Bertz CT molecular complexity index is 452. The Kier molecular flexibility index (Phi) is 3.53. The van der Waals surface area contributed by atoms with Crippen LogP contribution in [-0.2, 0) is 19.9 Å². The van der Waals surface area contributed by atoms with E-state index in [4.69, 9.17) is 4.74 Å². The van der Waals surface area contributed by atoms with Gasteiger partial charge < -0.3 is 9.47 Å². The molecule has 18 heavy (non-hydrogen) atoms. The van der Waals surface area contributed by atoms with E-state index in [1.54, 1.807) is 7.11 Å². The largest absolute Gasteiger partial charge is 0.466 e. The van der Waals surface area contributed by atoms with Gasteiger partial charge in [-0.1, -0.05) is 43.3 Å². The third kappa shape index (κ3) is 1.95. The first-order valence-electron chi connectivity index (χ1n) is 6.03. The summed E-state index contributed by atoms with van der Waals surface area (Å²) in [5, 5.41) is 0. The van der Waals surface area contributed by atoms with E-state index in [1.165, 1.54) is 13.2 Å². The minimum Gasteiger partial charge on any atom is -0.466 e. The molecule has 3 atom stereocenters. The van der Waals surface area contributed by atoms with Crippen LogP contribution < -0.4 is 0 Å². The van der Waals surface area contributed by atoms with Crippen molar-refractivity contribution >= 4 is 5.97 Å². The Balaban J connectivity index is 2.21. The van der Waals surface area contributed by atoms with Crippen molar-refractivity contribution in [1.82, 2.24) is 0 Å². The molecular formula is C15H18O3. The second kappa shape index (κ2) is 4.94. The third-order valence-corrected chi connectivity index (χ3v) is 3.80. The van der Waals surface area contributed by atoms with Crippen molar-refractivity contribution in [1.29, 1.82) is 0 Å². The summed E-state index contributed by atoms with van der Waals surface area (Å²) in [5.74, 6) is 0.238. The molecule has 3 heteroatoms. The summed E-state index contributed by atoms with van der Waals surface area (Å²) in [7, 11) is 3.10. The SMILES string of the molecule is COC(=O)/C=C/[C@H]1[C@H](C)[C@]1(OC)c1ccccc1. The van der Waals surface area contributed by atoms with Crippen molar-refractivity contribution in [2.75, 3.05) is 14.2 Å². The van der Waals surface area contributed by atoms with Gasteiger partial charge in [-0.05, 0) is 11.5 Å². The average Bonchev–Trinajstić information content (AvgIpc) is 3.02. The van der Waals surface area contributed by atoms with E-state index in [2.05, 4.69) is 23.8 Å². The van der Waals surface area contributed by atoms with Gasteiger partial charge in [-0.25, -0.2) is 4.79 Å². The van der Waals surface area contributed by atoms with Crippen LogP contribution >= 0.6 is 0 Å². The molecule has 1 saturated carbocycles. The van der Waals surface area contributed by atoms with Crippen molar-refractivity contribution in [2.45, 2.75) is 12.5 Å². The van der Waals surface area contributed by atoms with Crippen LogP contribution in [0.2, 0.25) is 0 Å². The van der Waals surface area contributed by atoms with Crippen molar-refractivity contribution in [2.24, 2.45) is 11.8 Å². The van der Waals surface area contributed by atoms with Crippen LogP contribution in [0.3, 0.4) is 0 Å². The smallest absolute Gasteiger partial charge is 0.330 e. The lowest BCUT2D eigenvalue weighted by Gasteiger charge is -2.16. The number of methoxy groups -OCH3 is 2. The number of hydrogen-bond acceptors (Lipinski definition) is 3. The van der Waals surface area contributed by atoms with Crippen molar-refractivity contribution in [3.05, 3.63) is 48.0 Å². The Labute approximate surface area is 107 Å². The lowest BCUT2D eigenvalue weighted by molar-refractivity contribution is -0.134. The molecule has 0 bridgehead atoms. The van der Waals surface area contributed by atoms with Crippen molar-refractivity contribution in [3.63, 3.8) is 0 Å². The van der Waals surface area contributed by atoms with E-state index < -0.39 is 0 Å². The second-order valence-electron chi connectivity index (χ2n) is 4.56. The van der Waals surface area contributed by atoms with Crippen LogP contribution in [0.4, 0.5) is 0 Å². The first kappa shape index (κ1) is 12.8. The minimum absolute atomic E-state index is 0.212. The maximum Gasteiger partial charge on any atom is 0.330 e. The summed E-state index contributed by atoms with van der Waals surface area (Å²) in [6, 6.07) is 10.1. The predicted molar refractivity (Wildman–Crippen MR) is 68.9 cm³/mol. The normalized spacial score (nSPS) is 30.4. The van der Waals surface area contributed by atoms with Gasteiger partial charge in [0.25, 0.3) is 0 Å². The van der Waals surface area contributed by atoms with Gasteiger partial charge in [0, 0.05) is 19.1 Å². The lowest BCUT2D eigenvalue weighted by Crippen LogP contribution is -2.13. The standard InChI is InChI=1S/C15H18O3/c1-11-13(9-10-14(16)17-2)15(11,18-3)12-7-5-4-6-8-12/h4-11,13H,1-3H3/b10-9+/t11-,13-,15-/m0/s1. The summed E-state index contributed by atoms with van der Waals surface area (Å²) in [6.07, 6.45) is 3.36. The van der Waals surface area contributed by atoms with Gasteiger partial charge >= 0.3 is 5.97 Å². The number of carbonyl (C=O) groups excluding carboxylic acids is 1. The first-order chi connectivity index (χ1) is 8.66. The molecule has 0 aromatic heterocycles. The van der Waals surface area contributed by atoms with E-state index in [0.717, 1.165) is 5.56 Å². The summed E-state index contributed by atoms with van der Waals surface area (Å²) in [4.78, 5) is 11.1. The summed E-state index contributed by atoms with van der Waals surface area (Å²) in [6.45, 7) is 2.13. The predicted octanol–water partition coefficient (Wildman–Crippen LogP) is 2.52.